The summed E-state index contributed by atoms with van der Waals surface area (Å²) in [5.41, 5.74) is 0. The fourth-order valence-corrected chi connectivity index (χ4v) is 3.05. The van der Waals surface area contributed by atoms with Crippen molar-refractivity contribution in [1.82, 2.24) is 10.2 Å². The van der Waals surface area contributed by atoms with Gasteiger partial charge in [0.2, 0.25) is 0 Å². The van der Waals surface area contributed by atoms with Crippen LogP contribution in [0.15, 0.2) is 0 Å². The first-order valence-corrected chi connectivity index (χ1v) is 7.25. The molecular formula is C14H28N2. The fraction of sp³-hybridized carbons (Fsp3) is 1.00. The lowest BCUT2D eigenvalue weighted by atomic mass is 9.89. The van der Waals surface area contributed by atoms with E-state index in [1.807, 2.05) is 0 Å². The first kappa shape index (κ1) is 12.4. The van der Waals surface area contributed by atoms with Gasteiger partial charge in [-0.05, 0) is 51.6 Å². The van der Waals surface area contributed by atoms with Crippen LogP contribution in [0.25, 0.3) is 0 Å². The van der Waals surface area contributed by atoms with Crippen LogP contribution in [0.1, 0.15) is 51.9 Å². The third-order valence-electron chi connectivity index (χ3n) is 4.20. The van der Waals surface area contributed by atoms with Gasteiger partial charge in [-0.2, -0.15) is 0 Å². The van der Waals surface area contributed by atoms with Crippen molar-refractivity contribution in [2.45, 2.75) is 64.0 Å². The number of hydrogen-bond acceptors (Lipinski definition) is 2. The Balaban J connectivity index is 1.81. The largest absolute Gasteiger partial charge is 0.312 e. The summed E-state index contributed by atoms with van der Waals surface area (Å²) < 4.78 is 0. The number of likely N-dealkylation sites (N-methyl/N-ethyl adjacent to an activating group) is 1. The van der Waals surface area contributed by atoms with Gasteiger partial charge in [-0.15, -0.1) is 0 Å². The number of rotatable bonds is 6. The quantitative estimate of drug-likeness (QED) is 0.746. The minimum absolute atomic E-state index is 0.762. The van der Waals surface area contributed by atoms with Crippen LogP contribution < -0.4 is 5.32 Å². The van der Waals surface area contributed by atoms with Crippen LogP contribution in [0, 0.1) is 5.92 Å². The Morgan fingerprint density at radius 3 is 2.56 bits per heavy atom. The average Bonchev–Trinajstić information content (AvgIpc) is 3.10. The molecular weight excluding hydrogens is 196 g/mol. The molecule has 0 aliphatic heterocycles. The molecule has 0 saturated heterocycles. The van der Waals surface area contributed by atoms with Crippen molar-refractivity contribution < 1.29 is 0 Å². The van der Waals surface area contributed by atoms with Crippen LogP contribution in [0.3, 0.4) is 0 Å². The summed E-state index contributed by atoms with van der Waals surface area (Å²) in [4.78, 5) is 2.64. The summed E-state index contributed by atoms with van der Waals surface area (Å²) in [7, 11) is 2.34. The zero-order chi connectivity index (χ0) is 11.4. The van der Waals surface area contributed by atoms with Crippen molar-refractivity contribution in [2.75, 3.05) is 20.1 Å². The standard InChI is InChI=1S/C14H28N2/c1-3-10-15-13-6-4-5-7-14(13)16(2)11-12-8-9-12/h12-15H,3-11H2,1-2H3. The molecule has 0 radical (unpaired) electrons. The molecule has 2 fully saturated rings. The van der Waals surface area contributed by atoms with Gasteiger partial charge in [0.25, 0.3) is 0 Å². The summed E-state index contributed by atoms with van der Waals surface area (Å²) >= 11 is 0. The highest BCUT2D eigenvalue weighted by molar-refractivity contribution is 4.89. The maximum atomic E-state index is 3.75. The monoisotopic (exact) mass is 224 g/mol. The van der Waals surface area contributed by atoms with Gasteiger partial charge in [-0.3, -0.25) is 0 Å². The zero-order valence-corrected chi connectivity index (χ0v) is 11.0. The molecule has 0 aromatic rings. The van der Waals surface area contributed by atoms with Gasteiger partial charge in [0.05, 0.1) is 0 Å². The van der Waals surface area contributed by atoms with Gasteiger partial charge >= 0.3 is 0 Å². The van der Waals surface area contributed by atoms with E-state index >= 15 is 0 Å². The molecule has 2 nitrogen and oxygen atoms in total. The maximum absolute atomic E-state index is 3.75. The first-order valence-electron chi connectivity index (χ1n) is 7.25. The summed E-state index contributed by atoms with van der Waals surface area (Å²) in [6.45, 7) is 4.80. The molecule has 2 rings (SSSR count). The number of hydrogen-bond donors (Lipinski definition) is 1. The van der Waals surface area contributed by atoms with E-state index in [1.54, 1.807) is 0 Å². The van der Waals surface area contributed by atoms with Gasteiger partial charge in [-0.25, -0.2) is 0 Å². The molecule has 0 aromatic carbocycles. The third kappa shape index (κ3) is 3.46. The highest BCUT2D eigenvalue weighted by atomic mass is 15.2. The molecule has 2 aliphatic rings. The van der Waals surface area contributed by atoms with Gasteiger partial charge in [-0.1, -0.05) is 19.8 Å². The van der Waals surface area contributed by atoms with Crippen LogP contribution in [-0.2, 0) is 0 Å². The van der Waals surface area contributed by atoms with Crippen LogP contribution in [0.5, 0.6) is 0 Å². The lowest BCUT2D eigenvalue weighted by Gasteiger charge is -2.38. The minimum Gasteiger partial charge on any atom is -0.312 e. The summed E-state index contributed by atoms with van der Waals surface area (Å²) in [6, 6.07) is 1.57. The smallest absolute Gasteiger partial charge is 0.0246 e. The Kier molecular flexibility index (Phi) is 4.66. The highest BCUT2D eigenvalue weighted by Gasteiger charge is 2.31. The molecule has 16 heavy (non-hydrogen) atoms. The minimum atomic E-state index is 0.762. The van der Waals surface area contributed by atoms with E-state index in [4.69, 9.17) is 0 Å². The van der Waals surface area contributed by atoms with Crippen LogP contribution in [0.4, 0.5) is 0 Å². The molecule has 2 aliphatic carbocycles. The molecule has 2 unspecified atom stereocenters. The van der Waals surface area contributed by atoms with Crippen molar-refractivity contribution in [2.24, 2.45) is 5.92 Å². The lowest BCUT2D eigenvalue weighted by molar-refractivity contribution is 0.144. The van der Waals surface area contributed by atoms with Gasteiger partial charge in [0, 0.05) is 18.6 Å². The fourth-order valence-electron chi connectivity index (χ4n) is 3.05. The molecule has 2 saturated carbocycles. The van der Waals surface area contributed by atoms with E-state index in [0.717, 1.165) is 18.0 Å². The second-order valence-corrected chi connectivity index (χ2v) is 5.80. The van der Waals surface area contributed by atoms with E-state index in [9.17, 15) is 0 Å². The van der Waals surface area contributed by atoms with Crippen molar-refractivity contribution in [3.05, 3.63) is 0 Å². The second-order valence-electron chi connectivity index (χ2n) is 5.80. The SMILES string of the molecule is CCCNC1CCCCC1N(C)CC1CC1. The van der Waals surface area contributed by atoms with Gasteiger partial charge < -0.3 is 10.2 Å². The predicted molar refractivity (Wildman–Crippen MR) is 69.7 cm³/mol. The number of nitrogens with one attached hydrogen (secondary N) is 1. The average molecular weight is 224 g/mol. The van der Waals surface area contributed by atoms with Gasteiger partial charge in [0.15, 0.2) is 0 Å². The Morgan fingerprint density at radius 2 is 1.88 bits per heavy atom. The normalized spacial score (nSPS) is 30.9. The topological polar surface area (TPSA) is 15.3 Å². The van der Waals surface area contributed by atoms with Crippen molar-refractivity contribution in [1.29, 1.82) is 0 Å². The summed E-state index contributed by atoms with van der Waals surface area (Å²) in [6.07, 6.45) is 9.87. The Bertz CT molecular complexity index is 201. The molecule has 2 heteroatoms. The Labute approximate surface area is 101 Å². The summed E-state index contributed by atoms with van der Waals surface area (Å²) in [5.74, 6) is 1.03. The highest BCUT2D eigenvalue weighted by Crippen LogP contribution is 2.31. The van der Waals surface area contributed by atoms with E-state index < -0.39 is 0 Å². The first-order chi connectivity index (χ1) is 7.81. The summed E-state index contributed by atoms with van der Waals surface area (Å²) in [5, 5.41) is 3.75. The van der Waals surface area contributed by atoms with E-state index in [1.165, 1.54) is 58.0 Å². The van der Waals surface area contributed by atoms with Crippen molar-refractivity contribution in [3.63, 3.8) is 0 Å². The molecule has 0 amide bonds. The van der Waals surface area contributed by atoms with Crippen LogP contribution in [0.2, 0.25) is 0 Å². The maximum Gasteiger partial charge on any atom is 0.0246 e. The molecule has 1 N–H and O–H groups in total. The molecule has 2 atom stereocenters. The van der Waals surface area contributed by atoms with E-state index in [-0.39, 0.29) is 0 Å². The Morgan fingerprint density at radius 1 is 1.12 bits per heavy atom. The Hall–Kier alpha value is -0.0800. The second kappa shape index (κ2) is 6.02. The van der Waals surface area contributed by atoms with E-state index in [0.29, 0.717) is 0 Å². The van der Waals surface area contributed by atoms with Gasteiger partial charge in [0.1, 0.15) is 0 Å². The van der Waals surface area contributed by atoms with E-state index in [2.05, 4.69) is 24.2 Å². The molecule has 0 aromatic heterocycles. The molecule has 0 bridgehead atoms. The van der Waals surface area contributed by atoms with Crippen LogP contribution in [-0.4, -0.2) is 37.1 Å². The molecule has 0 spiro atoms. The third-order valence-corrected chi connectivity index (χ3v) is 4.20. The molecule has 94 valence electrons. The van der Waals surface area contributed by atoms with Crippen LogP contribution >= 0.6 is 0 Å². The van der Waals surface area contributed by atoms with Crippen molar-refractivity contribution >= 4 is 0 Å². The lowest BCUT2D eigenvalue weighted by Crippen LogP contribution is -2.51. The number of nitrogens with zero attached hydrogens (tertiary/aromatic N) is 1. The predicted octanol–water partition coefficient (Wildman–Crippen LogP) is 2.64. The molecule has 0 heterocycles. The zero-order valence-electron chi connectivity index (χ0n) is 11.0. The van der Waals surface area contributed by atoms with Crippen molar-refractivity contribution in [3.8, 4) is 0 Å².